The smallest absolute Gasteiger partial charge is 0.191 e. The second-order valence-electron chi connectivity index (χ2n) is 7.31. The van der Waals surface area contributed by atoms with Crippen LogP contribution in [0.15, 0.2) is 10.4 Å². The number of anilines is 1. The first-order valence-corrected chi connectivity index (χ1v) is 10.4. The van der Waals surface area contributed by atoms with E-state index in [2.05, 4.69) is 51.9 Å². The summed E-state index contributed by atoms with van der Waals surface area (Å²) in [7, 11) is 4.01. The second-order valence-corrected chi connectivity index (χ2v) is 8.15. The third-order valence-corrected chi connectivity index (χ3v) is 5.45. The fraction of sp³-hybridized carbons (Fsp3) is 0.667. The Labute approximate surface area is 188 Å². The number of rotatable bonds is 6. The van der Waals surface area contributed by atoms with Gasteiger partial charge in [-0.05, 0) is 13.3 Å². The molecular formula is C18H31IN8S. The largest absolute Gasteiger partial charge is 0.357 e. The lowest BCUT2D eigenvalue weighted by molar-refractivity contribution is 0.391. The lowest BCUT2D eigenvalue weighted by Gasteiger charge is -2.25. The number of halogens is 1. The van der Waals surface area contributed by atoms with Crippen LogP contribution in [0.25, 0.3) is 0 Å². The molecule has 1 aliphatic rings. The summed E-state index contributed by atoms with van der Waals surface area (Å²) in [6.07, 6.45) is 1.97. The molecule has 1 unspecified atom stereocenters. The van der Waals surface area contributed by atoms with Crippen LogP contribution in [0.2, 0.25) is 0 Å². The molecular weight excluding hydrogens is 487 g/mol. The Hall–Kier alpha value is -1.43. The average Bonchev–Trinajstić information content (AvgIpc) is 3.26. The fourth-order valence-corrected chi connectivity index (χ4v) is 3.69. The molecule has 0 saturated carbocycles. The van der Waals surface area contributed by atoms with E-state index in [-0.39, 0.29) is 24.0 Å². The standard InChI is InChI=1S/C18H30N8S.HI/c1-6-19-17(20-9-14-11-27-18(22-14)25(4)5)21-13-7-8-15-23-16(12(2)3)24-26(15)10-13;/h11-13H,6-10H2,1-5H3,(H2,19,20,21);1H. The molecule has 0 spiro atoms. The summed E-state index contributed by atoms with van der Waals surface area (Å²) in [4.78, 5) is 16.0. The summed E-state index contributed by atoms with van der Waals surface area (Å²) in [5, 5.41) is 14.6. The zero-order valence-electron chi connectivity index (χ0n) is 17.3. The topological polar surface area (TPSA) is 83.3 Å². The lowest BCUT2D eigenvalue weighted by Crippen LogP contribution is -2.47. The maximum absolute atomic E-state index is 4.71. The minimum absolute atomic E-state index is 0. The molecule has 3 heterocycles. The van der Waals surface area contributed by atoms with Crippen LogP contribution in [0.3, 0.4) is 0 Å². The third-order valence-electron chi connectivity index (χ3n) is 4.40. The van der Waals surface area contributed by atoms with Gasteiger partial charge in [-0.1, -0.05) is 13.8 Å². The van der Waals surface area contributed by atoms with E-state index < -0.39 is 0 Å². The quantitative estimate of drug-likeness (QED) is 0.348. The van der Waals surface area contributed by atoms with E-state index in [1.807, 2.05) is 23.7 Å². The predicted molar refractivity (Wildman–Crippen MR) is 126 cm³/mol. The number of nitrogens with one attached hydrogen (secondary N) is 2. The van der Waals surface area contributed by atoms with Crippen molar-refractivity contribution >= 4 is 46.4 Å². The molecule has 8 nitrogen and oxygen atoms in total. The number of aryl methyl sites for hydroxylation is 1. The van der Waals surface area contributed by atoms with Gasteiger partial charge in [-0.2, -0.15) is 5.10 Å². The van der Waals surface area contributed by atoms with Gasteiger partial charge < -0.3 is 15.5 Å². The highest BCUT2D eigenvalue weighted by atomic mass is 127. The van der Waals surface area contributed by atoms with E-state index in [1.165, 1.54) is 0 Å². The highest BCUT2D eigenvalue weighted by Crippen LogP contribution is 2.19. The Morgan fingerprint density at radius 2 is 2.18 bits per heavy atom. The van der Waals surface area contributed by atoms with Crippen LogP contribution >= 0.6 is 35.3 Å². The van der Waals surface area contributed by atoms with Gasteiger partial charge >= 0.3 is 0 Å². The first kappa shape index (κ1) is 22.9. The monoisotopic (exact) mass is 518 g/mol. The zero-order chi connectivity index (χ0) is 19.4. The number of fused-ring (bicyclic) bond motifs is 1. The molecule has 28 heavy (non-hydrogen) atoms. The van der Waals surface area contributed by atoms with Crippen molar-refractivity contribution < 1.29 is 0 Å². The molecule has 1 aliphatic heterocycles. The van der Waals surface area contributed by atoms with Crippen molar-refractivity contribution in [2.45, 2.75) is 58.7 Å². The molecule has 2 aromatic heterocycles. The Bertz CT molecular complexity index is 782. The van der Waals surface area contributed by atoms with E-state index in [9.17, 15) is 0 Å². The minimum atomic E-state index is 0. The maximum Gasteiger partial charge on any atom is 0.191 e. The van der Waals surface area contributed by atoms with E-state index in [4.69, 9.17) is 4.99 Å². The van der Waals surface area contributed by atoms with Crippen molar-refractivity contribution in [3.05, 3.63) is 22.7 Å². The van der Waals surface area contributed by atoms with Crippen LogP contribution in [0.4, 0.5) is 5.13 Å². The Morgan fingerprint density at radius 1 is 1.39 bits per heavy atom. The van der Waals surface area contributed by atoms with Crippen molar-refractivity contribution in [2.75, 3.05) is 25.5 Å². The predicted octanol–water partition coefficient (Wildman–Crippen LogP) is 2.61. The van der Waals surface area contributed by atoms with Gasteiger partial charge in [-0.15, -0.1) is 35.3 Å². The zero-order valence-corrected chi connectivity index (χ0v) is 20.4. The van der Waals surface area contributed by atoms with E-state index in [0.717, 1.165) is 54.4 Å². The third kappa shape index (κ3) is 5.79. The normalized spacial score (nSPS) is 16.5. The van der Waals surface area contributed by atoms with Gasteiger partial charge in [-0.25, -0.2) is 19.6 Å². The Morgan fingerprint density at radius 3 is 2.82 bits per heavy atom. The molecule has 1 atom stereocenters. The highest BCUT2D eigenvalue weighted by molar-refractivity contribution is 14.0. The Balaban J connectivity index is 0.00000280. The van der Waals surface area contributed by atoms with Crippen molar-refractivity contribution in [2.24, 2.45) is 4.99 Å². The van der Waals surface area contributed by atoms with Crippen LogP contribution in [0, 0.1) is 0 Å². The first-order chi connectivity index (χ1) is 13.0. The Kier molecular flexibility index (Phi) is 8.47. The highest BCUT2D eigenvalue weighted by Gasteiger charge is 2.23. The number of thiazole rings is 1. The number of aliphatic imine (C=N–C) groups is 1. The van der Waals surface area contributed by atoms with Crippen molar-refractivity contribution in [1.29, 1.82) is 0 Å². The van der Waals surface area contributed by atoms with Gasteiger partial charge in [0.2, 0.25) is 0 Å². The average molecular weight is 518 g/mol. The number of hydrogen-bond donors (Lipinski definition) is 2. The number of hydrogen-bond acceptors (Lipinski definition) is 6. The van der Waals surface area contributed by atoms with Gasteiger partial charge in [0.15, 0.2) is 16.9 Å². The maximum atomic E-state index is 4.71. The van der Waals surface area contributed by atoms with E-state index in [1.54, 1.807) is 11.3 Å². The molecule has 156 valence electrons. The number of guanidine groups is 1. The number of aromatic nitrogens is 4. The molecule has 3 rings (SSSR count). The van der Waals surface area contributed by atoms with Crippen molar-refractivity contribution in [3.63, 3.8) is 0 Å². The lowest BCUT2D eigenvalue weighted by atomic mass is 10.1. The molecule has 0 amide bonds. The van der Waals surface area contributed by atoms with E-state index in [0.29, 0.717) is 18.5 Å². The molecule has 10 heteroatoms. The molecule has 0 saturated heterocycles. The van der Waals surface area contributed by atoms with Crippen LogP contribution in [-0.4, -0.2) is 52.4 Å². The molecule has 0 bridgehead atoms. The van der Waals surface area contributed by atoms with Crippen LogP contribution < -0.4 is 15.5 Å². The van der Waals surface area contributed by atoms with Crippen molar-refractivity contribution in [1.82, 2.24) is 30.4 Å². The fourth-order valence-electron chi connectivity index (χ4n) is 2.94. The van der Waals surface area contributed by atoms with Gasteiger partial charge in [0.1, 0.15) is 5.82 Å². The first-order valence-electron chi connectivity index (χ1n) is 9.56. The summed E-state index contributed by atoms with van der Waals surface area (Å²) >= 11 is 1.64. The summed E-state index contributed by atoms with van der Waals surface area (Å²) in [5.74, 6) is 3.22. The van der Waals surface area contributed by atoms with Gasteiger partial charge in [0.05, 0.1) is 18.8 Å². The molecule has 0 radical (unpaired) electrons. The van der Waals surface area contributed by atoms with Gasteiger partial charge in [-0.3, -0.25) is 0 Å². The number of nitrogens with zero attached hydrogens (tertiary/aromatic N) is 6. The van der Waals surface area contributed by atoms with Crippen LogP contribution in [0.5, 0.6) is 0 Å². The minimum Gasteiger partial charge on any atom is -0.357 e. The summed E-state index contributed by atoms with van der Waals surface area (Å²) in [6, 6.07) is 0.296. The molecule has 0 fully saturated rings. The van der Waals surface area contributed by atoms with Crippen LogP contribution in [0.1, 0.15) is 50.5 Å². The van der Waals surface area contributed by atoms with Crippen molar-refractivity contribution in [3.8, 4) is 0 Å². The SMILES string of the molecule is CCNC(=NCc1csc(N(C)C)n1)NC1CCc2nc(C(C)C)nn2C1.I. The van der Waals surface area contributed by atoms with E-state index >= 15 is 0 Å². The second kappa shape index (κ2) is 10.4. The molecule has 2 N–H and O–H groups in total. The summed E-state index contributed by atoms with van der Waals surface area (Å²) in [5.41, 5.74) is 0.990. The molecule has 0 aromatic carbocycles. The van der Waals surface area contributed by atoms with Gasteiger partial charge in [0.25, 0.3) is 0 Å². The summed E-state index contributed by atoms with van der Waals surface area (Å²) < 4.78 is 2.05. The van der Waals surface area contributed by atoms with Gasteiger partial charge in [0, 0.05) is 44.4 Å². The molecule has 0 aliphatic carbocycles. The van der Waals surface area contributed by atoms with Crippen LogP contribution in [-0.2, 0) is 19.5 Å². The summed E-state index contributed by atoms with van der Waals surface area (Å²) in [6.45, 7) is 8.56. The molecule has 2 aromatic rings.